The Bertz CT molecular complexity index is 962. The zero-order valence-corrected chi connectivity index (χ0v) is 41.9. The molecule has 0 heterocycles. The van der Waals surface area contributed by atoms with E-state index in [0.29, 0.717) is 19.3 Å². The standard InChI is InChI=1S/C56H106O6/c1-4-7-10-13-16-19-21-23-25-27-29-30-32-34-37-40-43-46-49-55(58)61-52-53(51-60-54(57)48-45-42-39-36-18-15-12-9-6-3)62-56(59)50-47-44-41-38-35-33-31-28-26-24-22-20-17-14-11-8-5-2/h36,39,53H,4-35,37-38,40-52H2,1-3H3/b39-36-. The number of hydrogen-bond donors (Lipinski definition) is 0. The molecule has 6 nitrogen and oxygen atoms in total. The molecule has 0 radical (unpaired) electrons. The highest BCUT2D eigenvalue weighted by Crippen LogP contribution is 2.17. The van der Waals surface area contributed by atoms with Gasteiger partial charge in [-0.15, -0.1) is 0 Å². The highest BCUT2D eigenvalue weighted by atomic mass is 16.6. The van der Waals surface area contributed by atoms with Crippen LogP contribution in [0.1, 0.15) is 310 Å². The maximum atomic E-state index is 12.8. The maximum absolute atomic E-state index is 12.8. The van der Waals surface area contributed by atoms with Gasteiger partial charge in [-0.05, 0) is 38.5 Å². The van der Waals surface area contributed by atoms with Gasteiger partial charge in [-0.1, -0.05) is 264 Å². The summed E-state index contributed by atoms with van der Waals surface area (Å²) >= 11 is 0. The Kier molecular flexibility index (Phi) is 50.2. The molecule has 0 spiro atoms. The fourth-order valence-electron chi connectivity index (χ4n) is 8.33. The lowest BCUT2D eigenvalue weighted by molar-refractivity contribution is -0.167. The Morgan fingerprint density at radius 2 is 0.548 bits per heavy atom. The lowest BCUT2D eigenvalue weighted by atomic mass is 10.0. The van der Waals surface area contributed by atoms with Crippen LogP contribution in [0.15, 0.2) is 12.2 Å². The summed E-state index contributed by atoms with van der Waals surface area (Å²) < 4.78 is 16.8. The van der Waals surface area contributed by atoms with E-state index in [9.17, 15) is 14.4 Å². The second kappa shape index (κ2) is 51.8. The molecule has 0 fully saturated rings. The van der Waals surface area contributed by atoms with E-state index < -0.39 is 6.10 Å². The van der Waals surface area contributed by atoms with Gasteiger partial charge in [0.1, 0.15) is 13.2 Å². The molecule has 1 atom stereocenters. The van der Waals surface area contributed by atoms with E-state index >= 15 is 0 Å². The van der Waals surface area contributed by atoms with E-state index in [1.165, 1.54) is 212 Å². The number of ether oxygens (including phenoxy) is 3. The van der Waals surface area contributed by atoms with Gasteiger partial charge < -0.3 is 14.2 Å². The van der Waals surface area contributed by atoms with Crippen LogP contribution in [0.4, 0.5) is 0 Å². The summed E-state index contributed by atoms with van der Waals surface area (Å²) in [6.45, 7) is 6.63. The third kappa shape index (κ3) is 49.2. The van der Waals surface area contributed by atoms with Gasteiger partial charge in [-0.3, -0.25) is 14.4 Å². The van der Waals surface area contributed by atoms with Crippen molar-refractivity contribution in [3.8, 4) is 0 Å². The summed E-state index contributed by atoms with van der Waals surface area (Å²) in [5.41, 5.74) is 0. The number of allylic oxidation sites excluding steroid dienone is 2. The smallest absolute Gasteiger partial charge is 0.306 e. The van der Waals surface area contributed by atoms with Crippen molar-refractivity contribution in [3.63, 3.8) is 0 Å². The fourth-order valence-corrected chi connectivity index (χ4v) is 8.33. The predicted molar refractivity (Wildman–Crippen MR) is 266 cm³/mol. The number of rotatable bonds is 51. The summed E-state index contributed by atoms with van der Waals surface area (Å²) in [7, 11) is 0. The highest BCUT2D eigenvalue weighted by Gasteiger charge is 2.19. The Morgan fingerprint density at radius 3 is 0.871 bits per heavy atom. The molecular formula is C56H106O6. The molecule has 0 aromatic carbocycles. The topological polar surface area (TPSA) is 78.9 Å². The van der Waals surface area contributed by atoms with E-state index in [1.807, 2.05) is 0 Å². The molecule has 1 unspecified atom stereocenters. The molecule has 0 aliphatic carbocycles. The lowest BCUT2D eigenvalue weighted by Crippen LogP contribution is -2.30. The monoisotopic (exact) mass is 875 g/mol. The average Bonchev–Trinajstić information content (AvgIpc) is 3.27. The predicted octanol–water partition coefficient (Wildman–Crippen LogP) is 18.2. The summed E-state index contributed by atoms with van der Waals surface area (Å²) in [5, 5.41) is 0. The molecule has 0 rings (SSSR count). The molecule has 0 aromatic rings. The van der Waals surface area contributed by atoms with Gasteiger partial charge in [0.25, 0.3) is 0 Å². The van der Waals surface area contributed by atoms with Crippen molar-refractivity contribution in [1.29, 1.82) is 0 Å². The molecular weight excluding hydrogens is 769 g/mol. The first-order valence-corrected chi connectivity index (χ1v) is 27.7. The maximum Gasteiger partial charge on any atom is 0.306 e. The number of unbranched alkanes of at least 4 members (excludes halogenated alkanes) is 38. The molecule has 0 saturated carbocycles. The van der Waals surface area contributed by atoms with E-state index in [1.54, 1.807) is 0 Å². The Labute approximate surface area is 386 Å². The number of carbonyl (C=O) groups excluding carboxylic acids is 3. The van der Waals surface area contributed by atoms with E-state index in [-0.39, 0.29) is 31.1 Å². The van der Waals surface area contributed by atoms with Crippen LogP contribution in [0, 0.1) is 0 Å². The minimum atomic E-state index is -0.774. The van der Waals surface area contributed by atoms with Crippen molar-refractivity contribution in [2.24, 2.45) is 0 Å². The third-order valence-electron chi connectivity index (χ3n) is 12.5. The van der Waals surface area contributed by atoms with Gasteiger partial charge in [-0.2, -0.15) is 0 Å². The minimum Gasteiger partial charge on any atom is -0.462 e. The SMILES string of the molecule is CCCCCC/C=C\CCCC(=O)OCC(COC(=O)CCCCCCCCCCCCCCCCCCCC)OC(=O)CCCCCCCCCCCCCCCCCCC. The van der Waals surface area contributed by atoms with Crippen LogP contribution in [0.3, 0.4) is 0 Å². The average molecular weight is 875 g/mol. The van der Waals surface area contributed by atoms with Crippen molar-refractivity contribution in [3.05, 3.63) is 12.2 Å². The van der Waals surface area contributed by atoms with Gasteiger partial charge in [0.15, 0.2) is 6.10 Å². The molecule has 0 N–H and O–H groups in total. The molecule has 366 valence electrons. The lowest BCUT2D eigenvalue weighted by Gasteiger charge is -2.18. The summed E-state index contributed by atoms with van der Waals surface area (Å²) in [6, 6.07) is 0. The van der Waals surface area contributed by atoms with Crippen LogP contribution in [0.25, 0.3) is 0 Å². The fraction of sp³-hybridized carbons (Fsp3) is 0.911. The first kappa shape index (κ1) is 60.2. The largest absolute Gasteiger partial charge is 0.462 e. The van der Waals surface area contributed by atoms with Crippen LogP contribution in [0.2, 0.25) is 0 Å². The second-order valence-corrected chi connectivity index (χ2v) is 18.9. The summed E-state index contributed by atoms with van der Waals surface area (Å²) in [4.78, 5) is 37.9. The number of esters is 3. The normalized spacial score (nSPS) is 12.0. The van der Waals surface area contributed by atoms with E-state index in [2.05, 4.69) is 32.9 Å². The highest BCUT2D eigenvalue weighted by molar-refractivity contribution is 5.71. The van der Waals surface area contributed by atoms with Crippen LogP contribution in [-0.4, -0.2) is 37.2 Å². The summed E-state index contributed by atoms with van der Waals surface area (Å²) in [6.07, 6.45) is 57.9. The van der Waals surface area contributed by atoms with Crippen molar-refractivity contribution < 1.29 is 28.6 Å². The zero-order valence-electron chi connectivity index (χ0n) is 41.9. The van der Waals surface area contributed by atoms with Gasteiger partial charge in [0.2, 0.25) is 0 Å². The Balaban J connectivity index is 4.24. The Morgan fingerprint density at radius 1 is 0.306 bits per heavy atom. The first-order valence-electron chi connectivity index (χ1n) is 27.7. The van der Waals surface area contributed by atoms with Crippen molar-refractivity contribution in [2.45, 2.75) is 316 Å². The van der Waals surface area contributed by atoms with E-state index in [0.717, 1.165) is 57.8 Å². The minimum absolute atomic E-state index is 0.0727. The molecule has 0 aliphatic heterocycles. The molecule has 0 saturated heterocycles. The molecule has 0 aliphatic rings. The van der Waals surface area contributed by atoms with Crippen LogP contribution in [-0.2, 0) is 28.6 Å². The molecule has 0 bridgehead atoms. The molecule has 0 amide bonds. The third-order valence-corrected chi connectivity index (χ3v) is 12.5. The van der Waals surface area contributed by atoms with Crippen molar-refractivity contribution in [1.82, 2.24) is 0 Å². The Hall–Kier alpha value is -1.85. The van der Waals surface area contributed by atoms with E-state index in [4.69, 9.17) is 14.2 Å². The number of carbonyl (C=O) groups is 3. The quantitative estimate of drug-likeness (QED) is 0.0262. The van der Waals surface area contributed by atoms with Crippen molar-refractivity contribution >= 4 is 17.9 Å². The van der Waals surface area contributed by atoms with Gasteiger partial charge in [-0.25, -0.2) is 0 Å². The first-order chi connectivity index (χ1) is 30.5. The molecule has 62 heavy (non-hydrogen) atoms. The second-order valence-electron chi connectivity index (χ2n) is 18.9. The van der Waals surface area contributed by atoms with Crippen LogP contribution in [0.5, 0.6) is 0 Å². The molecule has 0 aromatic heterocycles. The van der Waals surface area contributed by atoms with Gasteiger partial charge in [0, 0.05) is 19.3 Å². The van der Waals surface area contributed by atoms with Crippen LogP contribution < -0.4 is 0 Å². The number of hydrogen-bond acceptors (Lipinski definition) is 6. The van der Waals surface area contributed by atoms with Crippen molar-refractivity contribution in [2.75, 3.05) is 13.2 Å². The van der Waals surface area contributed by atoms with Gasteiger partial charge in [0.05, 0.1) is 0 Å². The van der Waals surface area contributed by atoms with Crippen LogP contribution >= 0.6 is 0 Å². The van der Waals surface area contributed by atoms with Gasteiger partial charge >= 0.3 is 17.9 Å². The summed E-state index contributed by atoms with van der Waals surface area (Å²) in [5.74, 6) is -0.889. The molecule has 6 heteroatoms. The zero-order chi connectivity index (χ0) is 45.1.